The van der Waals surface area contributed by atoms with E-state index in [0.717, 1.165) is 12.1 Å². The maximum atomic E-state index is 12.8. The van der Waals surface area contributed by atoms with Gasteiger partial charge in [-0.3, -0.25) is 9.48 Å². The summed E-state index contributed by atoms with van der Waals surface area (Å²) in [6, 6.07) is 13.1. The minimum absolute atomic E-state index is 0.0272. The standard InChI is InChI=1S/C18H14F3N3O2/c1-24-11-15(17(23-24)26-14-8-3-2-4-9-14)16(25)22-13-7-5-6-12(10-13)18(19,20)21/h2-11H,1H3,(H,22,25). The van der Waals surface area contributed by atoms with Gasteiger partial charge in [0.2, 0.25) is 0 Å². The van der Waals surface area contributed by atoms with Gasteiger partial charge in [0.1, 0.15) is 11.3 Å². The zero-order chi connectivity index (χ0) is 18.7. The number of aryl methyl sites for hydroxylation is 1. The summed E-state index contributed by atoms with van der Waals surface area (Å²) >= 11 is 0. The van der Waals surface area contributed by atoms with Crippen molar-refractivity contribution in [2.24, 2.45) is 7.05 Å². The van der Waals surface area contributed by atoms with Crippen LogP contribution in [0.15, 0.2) is 60.8 Å². The molecule has 8 heteroatoms. The zero-order valence-corrected chi connectivity index (χ0v) is 13.6. The minimum atomic E-state index is -4.49. The average molecular weight is 361 g/mol. The Morgan fingerprint density at radius 2 is 1.85 bits per heavy atom. The van der Waals surface area contributed by atoms with Crippen LogP contribution in [0.5, 0.6) is 11.6 Å². The summed E-state index contributed by atoms with van der Waals surface area (Å²) in [6.07, 6.45) is -3.06. The fraction of sp³-hybridized carbons (Fsp3) is 0.111. The first kappa shape index (κ1) is 17.5. The highest BCUT2D eigenvalue weighted by Crippen LogP contribution is 2.31. The number of ether oxygens (including phenoxy) is 1. The van der Waals surface area contributed by atoms with Crippen molar-refractivity contribution in [3.63, 3.8) is 0 Å². The van der Waals surface area contributed by atoms with Gasteiger partial charge in [0.15, 0.2) is 0 Å². The van der Waals surface area contributed by atoms with Gasteiger partial charge in [-0.15, -0.1) is 5.10 Å². The van der Waals surface area contributed by atoms with Crippen LogP contribution in [0.4, 0.5) is 18.9 Å². The highest BCUT2D eigenvalue weighted by molar-refractivity contribution is 6.05. The van der Waals surface area contributed by atoms with E-state index in [-0.39, 0.29) is 17.1 Å². The van der Waals surface area contributed by atoms with Gasteiger partial charge in [-0.2, -0.15) is 13.2 Å². The van der Waals surface area contributed by atoms with E-state index in [9.17, 15) is 18.0 Å². The number of benzene rings is 2. The maximum Gasteiger partial charge on any atom is 0.416 e. The number of halogens is 3. The Kier molecular flexibility index (Phi) is 4.66. The van der Waals surface area contributed by atoms with Gasteiger partial charge < -0.3 is 10.1 Å². The normalized spacial score (nSPS) is 11.2. The fourth-order valence-corrected chi connectivity index (χ4v) is 2.27. The molecule has 0 fully saturated rings. The molecule has 0 aliphatic carbocycles. The van der Waals surface area contributed by atoms with Crippen LogP contribution in [0.1, 0.15) is 15.9 Å². The molecular weight excluding hydrogens is 347 g/mol. The molecule has 1 aromatic heterocycles. The molecule has 1 N–H and O–H groups in total. The van der Waals surface area contributed by atoms with Crippen LogP contribution in [-0.4, -0.2) is 15.7 Å². The summed E-state index contributed by atoms with van der Waals surface area (Å²) < 4.78 is 45.4. The molecule has 1 amide bonds. The molecule has 3 aromatic rings. The molecule has 0 unspecified atom stereocenters. The van der Waals surface area contributed by atoms with Gasteiger partial charge in [-0.1, -0.05) is 24.3 Å². The highest BCUT2D eigenvalue weighted by Gasteiger charge is 2.30. The second kappa shape index (κ2) is 6.91. The number of nitrogens with one attached hydrogen (secondary N) is 1. The number of nitrogens with zero attached hydrogens (tertiary/aromatic N) is 2. The Labute approximate surface area is 147 Å². The summed E-state index contributed by atoms with van der Waals surface area (Å²) in [5.74, 6) is -0.0779. The van der Waals surface area contributed by atoms with Crippen LogP contribution in [0.2, 0.25) is 0 Å². The van der Waals surface area contributed by atoms with E-state index < -0.39 is 17.6 Å². The maximum absolute atomic E-state index is 12.8. The number of hydrogen-bond donors (Lipinski definition) is 1. The molecule has 0 aliphatic heterocycles. The minimum Gasteiger partial charge on any atom is -0.437 e. The largest absolute Gasteiger partial charge is 0.437 e. The lowest BCUT2D eigenvalue weighted by Crippen LogP contribution is -2.13. The van der Waals surface area contributed by atoms with E-state index in [1.807, 2.05) is 6.07 Å². The average Bonchev–Trinajstić information content (AvgIpc) is 2.96. The number of rotatable bonds is 4. The highest BCUT2D eigenvalue weighted by atomic mass is 19.4. The molecule has 134 valence electrons. The molecule has 2 aromatic carbocycles. The number of anilines is 1. The van der Waals surface area contributed by atoms with Crippen LogP contribution >= 0.6 is 0 Å². The second-order valence-corrected chi connectivity index (χ2v) is 5.47. The van der Waals surface area contributed by atoms with E-state index in [4.69, 9.17) is 4.74 Å². The molecule has 26 heavy (non-hydrogen) atoms. The van der Waals surface area contributed by atoms with Crippen LogP contribution in [-0.2, 0) is 13.2 Å². The number of hydrogen-bond acceptors (Lipinski definition) is 3. The van der Waals surface area contributed by atoms with Crippen molar-refractivity contribution in [1.29, 1.82) is 0 Å². The first-order valence-electron chi connectivity index (χ1n) is 7.58. The summed E-state index contributed by atoms with van der Waals surface area (Å²) in [6.45, 7) is 0. The third-order valence-corrected chi connectivity index (χ3v) is 3.45. The lowest BCUT2D eigenvalue weighted by atomic mass is 10.2. The first-order chi connectivity index (χ1) is 12.3. The monoisotopic (exact) mass is 361 g/mol. The Morgan fingerprint density at radius 1 is 1.12 bits per heavy atom. The lowest BCUT2D eigenvalue weighted by molar-refractivity contribution is -0.137. The number of carbonyl (C=O) groups excluding carboxylic acids is 1. The van der Waals surface area contributed by atoms with Gasteiger partial charge in [-0.05, 0) is 30.3 Å². The van der Waals surface area contributed by atoms with Crippen LogP contribution in [0.25, 0.3) is 0 Å². The van der Waals surface area contributed by atoms with Gasteiger partial charge in [-0.25, -0.2) is 0 Å². The predicted octanol–water partition coefficient (Wildman–Crippen LogP) is 4.48. The van der Waals surface area contributed by atoms with E-state index >= 15 is 0 Å². The zero-order valence-electron chi connectivity index (χ0n) is 13.6. The van der Waals surface area contributed by atoms with Crippen molar-refractivity contribution in [3.8, 4) is 11.6 Å². The molecular formula is C18H14F3N3O2. The molecule has 0 atom stereocenters. The number of carbonyl (C=O) groups is 1. The lowest BCUT2D eigenvalue weighted by Gasteiger charge is -2.10. The Morgan fingerprint density at radius 3 is 2.54 bits per heavy atom. The summed E-state index contributed by atoms with van der Waals surface area (Å²) in [5.41, 5.74) is -0.713. The van der Waals surface area contributed by atoms with E-state index in [2.05, 4.69) is 10.4 Å². The summed E-state index contributed by atoms with van der Waals surface area (Å²) in [7, 11) is 1.61. The van der Waals surface area contributed by atoms with Crippen molar-refractivity contribution in [1.82, 2.24) is 9.78 Å². The Bertz CT molecular complexity index is 921. The van der Waals surface area contributed by atoms with Crippen molar-refractivity contribution < 1.29 is 22.7 Å². The van der Waals surface area contributed by atoms with Crippen LogP contribution in [0, 0.1) is 0 Å². The Hall–Kier alpha value is -3.29. The van der Waals surface area contributed by atoms with Gasteiger partial charge in [0, 0.05) is 18.9 Å². The third-order valence-electron chi connectivity index (χ3n) is 3.45. The molecule has 1 heterocycles. The van der Waals surface area contributed by atoms with Crippen LogP contribution in [0.3, 0.4) is 0 Å². The van der Waals surface area contributed by atoms with E-state index in [0.29, 0.717) is 5.75 Å². The molecule has 5 nitrogen and oxygen atoms in total. The fourth-order valence-electron chi connectivity index (χ4n) is 2.27. The summed E-state index contributed by atoms with van der Waals surface area (Å²) in [5, 5.41) is 6.52. The molecule has 0 aliphatic rings. The molecule has 0 spiro atoms. The molecule has 0 bridgehead atoms. The number of amides is 1. The molecule has 0 saturated heterocycles. The van der Waals surface area contributed by atoms with Crippen molar-refractivity contribution in [2.75, 3.05) is 5.32 Å². The third kappa shape index (κ3) is 4.02. The Balaban J connectivity index is 1.83. The number of para-hydroxylation sites is 1. The quantitative estimate of drug-likeness (QED) is 0.745. The number of aromatic nitrogens is 2. The van der Waals surface area contributed by atoms with E-state index in [1.165, 1.54) is 23.0 Å². The van der Waals surface area contributed by atoms with Crippen LogP contribution < -0.4 is 10.1 Å². The molecule has 3 rings (SSSR count). The summed E-state index contributed by atoms with van der Waals surface area (Å²) in [4.78, 5) is 12.5. The molecule has 0 radical (unpaired) electrons. The van der Waals surface area contributed by atoms with Crippen molar-refractivity contribution in [3.05, 3.63) is 71.9 Å². The van der Waals surface area contributed by atoms with Crippen molar-refractivity contribution >= 4 is 11.6 Å². The van der Waals surface area contributed by atoms with Gasteiger partial charge in [0.25, 0.3) is 11.8 Å². The van der Waals surface area contributed by atoms with Gasteiger partial charge >= 0.3 is 6.18 Å². The smallest absolute Gasteiger partial charge is 0.416 e. The second-order valence-electron chi connectivity index (χ2n) is 5.47. The van der Waals surface area contributed by atoms with Gasteiger partial charge in [0.05, 0.1) is 5.56 Å². The van der Waals surface area contributed by atoms with E-state index in [1.54, 1.807) is 31.3 Å². The SMILES string of the molecule is Cn1cc(C(=O)Nc2cccc(C(F)(F)F)c2)c(Oc2ccccc2)n1. The molecule has 0 saturated carbocycles. The number of alkyl halides is 3. The van der Waals surface area contributed by atoms with Crippen molar-refractivity contribution in [2.45, 2.75) is 6.18 Å². The first-order valence-corrected chi connectivity index (χ1v) is 7.58. The topological polar surface area (TPSA) is 56.2 Å². The predicted molar refractivity (Wildman–Crippen MR) is 89.1 cm³/mol.